The smallest absolute Gasteiger partial charge is 0.328 e. The van der Waals surface area contributed by atoms with E-state index in [9.17, 15) is 13.2 Å². The number of benzene rings is 1. The van der Waals surface area contributed by atoms with Crippen molar-refractivity contribution in [1.82, 2.24) is 0 Å². The quantitative estimate of drug-likeness (QED) is 0.809. The second-order valence-corrected chi connectivity index (χ2v) is 7.19. The summed E-state index contributed by atoms with van der Waals surface area (Å²) in [5.41, 5.74) is 2.99. The summed E-state index contributed by atoms with van der Waals surface area (Å²) in [5, 5.41) is 3.10. The minimum absolute atomic E-state index is 0.115. The van der Waals surface area contributed by atoms with E-state index in [1.807, 2.05) is 32.0 Å². The Labute approximate surface area is 120 Å². The molecule has 112 valence electrons. The lowest BCUT2D eigenvalue weighted by Gasteiger charge is -2.18. The molecule has 20 heavy (non-hydrogen) atoms. The van der Waals surface area contributed by atoms with E-state index < -0.39 is 21.8 Å². The molecule has 0 aliphatic carbocycles. The molecule has 1 atom stereocenters. The topological polar surface area (TPSA) is 72.5 Å². The Morgan fingerprint density at radius 1 is 1.30 bits per heavy atom. The van der Waals surface area contributed by atoms with Crippen molar-refractivity contribution in [1.29, 1.82) is 0 Å². The first-order valence-electron chi connectivity index (χ1n) is 6.38. The third kappa shape index (κ3) is 5.21. The summed E-state index contributed by atoms with van der Waals surface area (Å²) in [6, 6.07) is 5.33. The summed E-state index contributed by atoms with van der Waals surface area (Å²) in [5.74, 6) is -0.620. The zero-order chi connectivity index (χ0) is 15.3. The van der Waals surface area contributed by atoms with Gasteiger partial charge in [0.25, 0.3) is 0 Å². The van der Waals surface area contributed by atoms with Crippen molar-refractivity contribution in [2.24, 2.45) is 0 Å². The number of sulfone groups is 1. The molecule has 1 aromatic carbocycles. The van der Waals surface area contributed by atoms with Gasteiger partial charge in [0.1, 0.15) is 12.6 Å². The molecule has 6 heteroatoms. The molecule has 0 aromatic heterocycles. The number of nitrogens with one attached hydrogen (secondary N) is 1. The van der Waals surface area contributed by atoms with Crippen LogP contribution in [0.1, 0.15) is 18.1 Å². The van der Waals surface area contributed by atoms with E-state index in [-0.39, 0.29) is 12.4 Å². The fourth-order valence-corrected chi connectivity index (χ4v) is 2.12. The summed E-state index contributed by atoms with van der Waals surface area (Å²) in [6.45, 7) is 5.49. The van der Waals surface area contributed by atoms with Crippen LogP contribution in [-0.4, -0.2) is 39.0 Å². The Morgan fingerprint density at radius 3 is 2.35 bits per heavy atom. The van der Waals surface area contributed by atoms with Gasteiger partial charge in [-0.1, -0.05) is 18.2 Å². The molecule has 5 nitrogen and oxygen atoms in total. The highest BCUT2D eigenvalue weighted by molar-refractivity contribution is 7.90. The second-order valence-electron chi connectivity index (χ2n) is 4.93. The third-order valence-corrected chi connectivity index (χ3v) is 3.80. The zero-order valence-corrected chi connectivity index (χ0v) is 13.1. The molecular formula is C14H21NO4S. The average Bonchev–Trinajstić information content (AvgIpc) is 2.32. The molecule has 1 rings (SSSR count). The Balaban J connectivity index is 2.58. The van der Waals surface area contributed by atoms with Crippen LogP contribution in [0.15, 0.2) is 18.2 Å². The van der Waals surface area contributed by atoms with Crippen LogP contribution < -0.4 is 5.32 Å². The van der Waals surface area contributed by atoms with Crippen LogP contribution in [0.2, 0.25) is 0 Å². The summed E-state index contributed by atoms with van der Waals surface area (Å²) in [4.78, 5) is 11.8. The normalized spacial score (nSPS) is 12.8. The highest BCUT2D eigenvalue weighted by Gasteiger charge is 2.16. The van der Waals surface area contributed by atoms with Crippen molar-refractivity contribution >= 4 is 21.5 Å². The number of carbonyl (C=O) groups is 1. The van der Waals surface area contributed by atoms with Gasteiger partial charge in [0.05, 0.1) is 5.75 Å². The van der Waals surface area contributed by atoms with Crippen molar-refractivity contribution in [3.05, 3.63) is 29.3 Å². The number of esters is 1. The average molecular weight is 299 g/mol. The van der Waals surface area contributed by atoms with E-state index in [1.54, 1.807) is 6.92 Å². The number of hydrogen-bond donors (Lipinski definition) is 1. The molecule has 0 spiro atoms. The fraction of sp³-hybridized carbons (Fsp3) is 0.500. The third-order valence-electron chi connectivity index (χ3n) is 2.89. The lowest BCUT2D eigenvalue weighted by Crippen LogP contribution is -2.30. The second kappa shape index (κ2) is 6.74. The minimum Gasteiger partial charge on any atom is -0.463 e. The van der Waals surface area contributed by atoms with E-state index in [2.05, 4.69) is 5.32 Å². The monoisotopic (exact) mass is 299 g/mol. The van der Waals surface area contributed by atoms with E-state index in [0.717, 1.165) is 23.1 Å². The number of rotatable bonds is 6. The van der Waals surface area contributed by atoms with E-state index >= 15 is 0 Å². The zero-order valence-electron chi connectivity index (χ0n) is 12.3. The highest BCUT2D eigenvalue weighted by Crippen LogP contribution is 2.20. The molecule has 0 heterocycles. The van der Waals surface area contributed by atoms with Crippen molar-refractivity contribution < 1.29 is 17.9 Å². The van der Waals surface area contributed by atoms with Crippen LogP contribution in [0.5, 0.6) is 0 Å². The number of aryl methyl sites for hydroxylation is 2. The van der Waals surface area contributed by atoms with Gasteiger partial charge in [-0.25, -0.2) is 13.2 Å². The summed E-state index contributed by atoms with van der Waals surface area (Å²) >= 11 is 0. The highest BCUT2D eigenvalue weighted by atomic mass is 32.2. The lowest BCUT2D eigenvalue weighted by atomic mass is 10.1. The van der Waals surface area contributed by atoms with E-state index in [0.29, 0.717) is 0 Å². The Morgan fingerprint density at radius 2 is 1.85 bits per heavy atom. The first-order chi connectivity index (χ1) is 9.20. The maximum absolute atomic E-state index is 11.8. The largest absolute Gasteiger partial charge is 0.463 e. The molecule has 0 fully saturated rings. The molecule has 0 bridgehead atoms. The lowest BCUT2D eigenvalue weighted by molar-refractivity contribution is -0.143. The Hall–Kier alpha value is -1.56. The Bertz CT molecular complexity index is 561. The van der Waals surface area contributed by atoms with Gasteiger partial charge in [-0.05, 0) is 31.9 Å². The molecule has 0 saturated heterocycles. The van der Waals surface area contributed by atoms with Crippen LogP contribution >= 0.6 is 0 Å². The maximum atomic E-state index is 11.8. The predicted octanol–water partition coefficient (Wildman–Crippen LogP) is 1.69. The van der Waals surface area contributed by atoms with Gasteiger partial charge in [0.2, 0.25) is 0 Å². The maximum Gasteiger partial charge on any atom is 0.328 e. The van der Waals surface area contributed by atoms with Crippen molar-refractivity contribution in [2.45, 2.75) is 26.8 Å². The molecular weight excluding hydrogens is 278 g/mol. The van der Waals surface area contributed by atoms with E-state index in [4.69, 9.17) is 4.74 Å². The molecule has 0 aliphatic heterocycles. The predicted molar refractivity (Wildman–Crippen MR) is 79.7 cm³/mol. The molecule has 0 aliphatic rings. The molecule has 0 amide bonds. The van der Waals surface area contributed by atoms with Crippen LogP contribution in [0.25, 0.3) is 0 Å². The molecule has 0 radical (unpaired) electrons. The van der Waals surface area contributed by atoms with E-state index in [1.165, 1.54) is 0 Å². The molecule has 1 aromatic rings. The van der Waals surface area contributed by atoms with Crippen LogP contribution in [0, 0.1) is 13.8 Å². The standard InChI is InChI=1S/C14H21NO4S/c1-10-6-5-7-11(2)13(10)15-12(3)14(16)19-8-9-20(4,17)18/h5-7,12,15H,8-9H2,1-4H3/t12-/m0/s1. The molecule has 0 unspecified atom stereocenters. The van der Waals surface area contributed by atoms with Crippen molar-refractivity contribution in [2.75, 3.05) is 23.9 Å². The van der Waals surface area contributed by atoms with Gasteiger partial charge in [0.15, 0.2) is 9.84 Å². The first-order valence-corrected chi connectivity index (χ1v) is 8.44. The number of carbonyl (C=O) groups excluding carboxylic acids is 1. The van der Waals surface area contributed by atoms with Gasteiger partial charge >= 0.3 is 5.97 Å². The van der Waals surface area contributed by atoms with Crippen LogP contribution in [0.4, 0.5) is 5.69 Å². The number of hydrogen-bond acceptors (Lipinski definition) is 5. The Kier molecular flexibility index (Phi) is 5.56. The van der Waals surface area contributed by atoms with Crippen LogP contribution in [-0.2, 0) is 19.4 Å². The number of anilines is 1. The fourth-order valence-electron chi connectivity index (χ4n) is 1.74. The summed E-state index contributed by atoms with van der Waals surface area (Å²) in [6.07, 6.45) is 1.11. The SMILES string of the molecule is Cc1cccc(C)c1N[C@@H](C)C(=O)OCCS(C)(=O)=O. The van der Waals surface area contributed by atoms with Gasteiger partial charge in [-0.15, -0.1) is 0 Å². The van der Waals surface area contributed by atoms with Gasteiger partial charge in [0, 0.05) is 11.9 Å². The van der Waals surface area contributed by atoms with Crippen LogP contribution in [0.3, 0.4) is 0 Å². The summed E-state index contributed by atoms with van der Waals surface area (Å²) in [7, 11) is -3.12. The first kappa shape index (κ1) is 16.5. The van der Waals surface area contributed by atoms with Gasteiger partial charge in [-0.2, -0.15) is 0 Å². The van der Waals surface area contributed by atoms with Gasteiger partial charge < -0.3 is 10.1 Å². The molecule has 1 N–H and O–H groups in total. The van der Waals surface area contributed by atoms with Crippen molar-refractivity contribution in [3.63, 3.8) is 0 Å². The van der Waals surface area contributed by atoms with Gasteiger partial charge in [-0.3, -0.25) is 0 Å². The minimum atomic E-state index is -3.12. The summed E-state index contributed by atoms with van der Waals surface area (Å²) < 4.78 is 26.9. The van der Waals surface area contributed by atoms with Crippen molar-refractivity contribution in [3.8, 4) is 0 Å². The molecule has 0 saturated carbocycles. The number of ether oxygens (including phenoxy) is 1. The number of para-hydroxylation sites is 1.